The van der Waals surface area contributed by atoms with Crippen LogP contribution < -0.4 is 16.4 Å². The molecule has 31 heavy (non-hydrogen) atoms. The summed E-state index contributed by atoms with van der Waals surface area (Å²) >= 11 is 0.851. The first-order valence-corrected chi connectivity index (χ1v) is 10.6. The lowest BCUT2D eigenvalue weighted by atomic mass is 10.0. The topological polar surface area (TPSA) is 107 Å². The quantitative estimate of drug-likeness (QED) is 0.533. The first-order valence-electron chi connectivity index (χ1n) is 9.79. The number of nitrogens with zero attached hydrogens (tertiary/aromatic N) is 3. The molecule has 8 nitrogen and oxygen atoms in total. The van der Waals surface area contributed by atoms with Crippen LogP contribution in [0, 0.1) is 17.6 Å². The summed E-state index contributed by atoms with van der Waals surface area (Å²) in [5.41, 5.74) is 6.00. The Labute approximate surface area is 181 Å². The number of benzene rings is 1. The van der Waals surface area contributed by atoms with Crippen molar-refractivity contribution in [3.63, 3.8) is 0 Å². The van der Waals surface area contributed by atoms with E-state index < -0.39 is 17.5 Å². The Bertz CT molecular complexity index is 1070. The van der Waals surface area contributed by atoms with Gasteiger partial charge in [0.25, 0.3) is 5.91 Å². The smallest absolute Gasteiger partial charge is 0.277 e. The minimum atomic E-state index is -0.771. The number of aromatic nitrogens is 3. The molecule has 1 saturated heterocycles. The lowest BCUT2D eigenvalue weighted by Crippen LogP contribution is -2.24. The monoisotopic (exact) mass is 448 g/mol. The Hall–Kier alpha value is -3.05. The molecule has 0 radical (unpaired) electrons. The number of aryl methyl sites for hydroxylation is 1. The number of amides is 1. The molecule has 4 rings (SSSR count). The van der Waals surface area contributed by atoms with Crippen molar-refractivity contribution in [2.24, 2.45) is 13.0 Å². The van der Waals surface area contributed by atoms with E-state index in [4.69, 9.17) is 10.5 Å². The Balaban J connectivity index is 1.51. The van der Waals surface area contributed by atoms with Gasteiger partial charge in [-0.2, -0.15) is 5.10 Å². The molecule has 0 atom stereocenters. The molecule has 0 bridgehead atoms. The number of carbonyl (C=O) groups excluding carboxylic acids is 1. The zero-order valence-electron chi connectivity index (χ0n) is 16.8. The molecular formula is C20H22F2N6O2S. The molecule has 1 aromatic carbocycles. The largest absolute Gasteiger partial charge is 0.389 e. The summed E-state index contributed by atoms with van der Waals surface area (Å²) in [6.45, 7) is 2.21. The fraction of sp³-hybridized carbons (Fsp3) is 0.350. The molecule has 164 valence electrons. The van der Waals surface area contributed by atoms with Crippen molar-refractivity contribution < 1.29 is 18.3 Å². The lowest BCUT2D eigenvalue weighted by Gasteiger charge is -2.23. The second-order valence-electron chi connectivity index (χ2n) is 7.25. The van der Waals surface area contributed by atoms with E-state index in [2.05, 4.69) is 20.7 Å². The second kappa shape index (κ2) is 8.98. The highest BCUT2D eigenvalue weighted by molar-refractivity contribution is 7.19. The van der Waals surface area contributed by atoms with Crippen molar-refractivity contribution in [3.8, 4) is 10.6 Å². The van der Waals surface area contributed by atoms with Gasteiger partial charge in [-0.05, 0) is 30.9 Å². The molecule has 1 aliphatic rings. The van der Waals surface area contributed by atoms with Crippen LogP contribution in [0.15, 0.2) is 24.4 Å². The number of nitrogens with one attached hydrogen (secondary N) is 2. The summed E-state index contributed by atoms with van der Waals surface area (Å²) < 4.78 is 35.2. The third kappa shape index (κ3) is 4.52. The maximum atomic E-state index is 14.1. The first kappa shape index (κ1) is 21.2. The van der Waals surface area contributed by atoms with Crippen LogP contribution in [0.5, 0.6) is 0 Å². The maximum absolute atomic E-state index is 14.1. The number of hydrogen-bond donors (Lipinski definition) is 3. The van der Waals surface area contributed by atoms with Gasteiger partial charge in [0.2, 0.25) is 0 Å². The zero-order valence-corrected chi connectivity index (χ0v) is 17.6. The minimum Gasteiger partial charge on any atom is -0.389 e. The number of rotatable bonds is 6. The predicted octanol–water partition coefficient (Wildman–Crippen LogP) is 3.49. The zero-order chi connectivity index (χ0) is 22.0. The average molecular weight is 448 g/mol. The van der Waals surface area contributed by atoms with Gasteiger partial charge in [-0.25, -0.2) is 13.8 Å². The van der Waals surface area contributed by atoms with Gasteiger partial charge in [-0.15, -0.1) is 0 Å². The van der Waals surface area contributed by atoms with Gasteiger partial charge in [0, 0.05) is 26.8 Å². The molecule has 1 amide bonds. The Morgan fingerprint density at radius 3 is 2.74 bits per heavy atom. The summed E-state index contributed by atoms with van der Waals surface area (Å²) in [6, 6.07) is 3.51. The number of halogens is 2. The van der Waals surface area contributed by atoms with Crippen molar-refractivity contribution in [1.29, 1.82) is 0 Å². The Morgan fingerprint density at radius 1 is 1.32 bits per heavy atom. The van der Waals surface area contributed by atoms with E-state index in [1.165, 1.54) is 12.3 Å². The van der Waals surface area contributed by atoms with Crippen LogP contribution in [0.3, 0.4) is 0 Å². The normalized spacial score (nSPS) is 14.5. The summed E-state index contributed by atoms with van der Waals surface area (Å²) in [5.74, 6) is -1.01. The molecular weight excluding hydrogens is 426 g/mol. The summed E-state index contributed by atoms with van der Waals surface area (Å²) in [7, 11) is 1.76. The van der Waals surface area contributed by atoms with Gasteiger partial charge in [0.1, 0.15) is 33.1 Å². The molecule has 4 N–H and O–H groups in total. The number of carbonyl (C=O) groups is 1. The van der Waals surface area contributed by atoms with E-state index in [0.29, 0.717) is 17.4 Å². The van der Waals surface area contributed by atoms with Gasteiger partial charge in [0.05, 0.1) is 11.8 Å². The Morgan fingerprint density at radius 2 is 2.03 bits per heavy atom. The van der Waals surface area contributed by atoms with Gasteiger partial charge in [-0.1, -0.05) is 17.4 Å². The molecule has 2 aromatic heterocycles. The number of nitrogen functional groups attached to an aromatic ring is 1. The van der Waals surface area contributed by atoms with Crippen LogP contribution in [-0.2, 0) is 11.8 Å². The fourth-order valence-corrected chi connectivity index (χ4v) is 4.29. The van der Waals surface area contributed by atoms with Crippen molar-refractivity contribution >= 4 is 33.8 Å². The summed E-state index contributed by atoms with van der Waals surface area (Å²) in [4.78, 5) is 16.9. The predicted molar refractivity (Wildman–Crippen MR) is 115 cm³/mol. The molecule has 0 aliphatic carbocycles. The minimum absolute atomic E-state index is 0.00213. The SMILES string of the molecule is Cn1ncc(NC(=O)c2nc(-c3c(F)cccc3F)sc2N)c1NCC1CCOCC1. The van der Waals surface area contributed by atoms with Crippen LogP contribution in [0.1, 0.15) is 23.3 Å². The van der Waals surface area contributed by atoms with Crippen molar-refractivity contribution in [2.45, 2.75) is 12.8 Å². The van der Waals surface area contributed by atoms with Crippen molar-refractivity contribution in [1.82, 2.24) is 14.8 Å². The number of nitrogens with two attached hydrogens (primary N) is 1. The summed E-state index contributed by atoms with van der Waals surface area (Å²) in [5, 5.41) is 10.3. The number of hydrogen-bond acceptors (Lipinski definition) is 7. The van der Waals surface area contributed by atoms with Crippen molar-refractivity contribution in [3.05, 3.63) is 41.7 Å². The van der Waals surface area contributed by atoms with Crippen LogP contribution in [0.4, 0.5) is 25.3 Å². The van der Waals surface area contributed by atoms with Crippen LogP contribution >= 0.6 is 11.3 Å². The highest BCUT2D eigenvalue weighted by Crippen LogP contribution is 2.34. The average Bonchev–Trinajstić information content (AvgIpc) is 3.29. The number of thiazole rings is 1. The molecule has 0 saturated carbocycles. The van der Waals surface area contributed by atoms with Crippen LogP contribution in [0.2, 0.25) is 0 Å². The van der Waals surface area contributed by atoms with E-state index in [1.807, 2.05) is 0 Å². The molecule has 0 unspecified atom stereocenters. The molecule has 3 heterocycles. The van der Waals surface area contributed by atoms with Crippen LogP contribution in [0.25, 0.3) is 10.6 Å². The fourth-order valence-electron chi connectivity index (χ4n) is 3.42. The van der Waals surface area contributed by atoms with Crippen LogP contribution in [-0.4, -0.2) is 40.4 Å². The van der Waals surface area contributed by atoms with E-state index in [9.17, 15) is 13.6 Å². The maximum Gasteiger partial charge on any atom is 0.277 e. The van der Waals surface area contributed by atoms with E-state index in [-0.39, 0.29) is 21.3 Å². The van der Waals surface area contributed by atoms with Gasteiger partial charge in [0.15, 0.2) is 5.69 Å². The molecule has 11 heteroatoms. The second-order valence-corrected chi connectivity index (χ2v) is 8.28. The highest BCUT2D eigenvalue weighted by atomic mass is 32.1. The molecule has 3 aromatic rings. The Kier molecular flexibility index (Phi) is 6.14. The standard InChI is InChI=1S/C20H22F2N6O2S/c1-28-18(24-9-11-5-7-30-8-6-11)14(10-25-28)26-19(29)16-17(23)31-20(27-16)15-12(21)3-2-4-13(15)22/h2-4,10-11,24H,5-9,23H2,1H3,(H,26,29). The third-order valence-corrected chi connectivity index (χ3v) is 6.03. The lowest BCUT2D eigenvalue weighted by molar-refractivity contribution is 0.0699. The van der Waals surface area contributed by atoms with Gasteiger partial charge < -0.3 is 21.1 Å². The molecule has 1 aliphatic heterocycles. The van der Waals surface area contributed by atoms with Gasteiger partial charge in [-0.3, -0.25) is 9.48 Å². The number of ether oxygens (including phenoxy) is 1. The number of anilines is 3. The summed E-state index contributed by atoms with van der Waals surface area (Å²) in [6.07, 6.45) is 3.46. The first-order chi connectivity index (χ1) is 14.9. The molecule has 1 fully saturated rings. The third-order valence-electron chi connectivity index (χ3n) is 5.13. The molecule has 0 spiro atoms. The van der Waals surface area contributed by atoms with Crippen molar-refractivity contribution in [2.75, 3.05) is 36.1 Å². The van der Waals surface area contributed by atoms with E-state index in [0.717, 1.165) is 56.1 Å². The van der Waals surface area contributed by atoms with E-state index >= 15 is 0 Å². The van der Waals surface area contributed by atoms with E-state index in [1.54, 1.807) is 11.7 Å². The highest BCUT2D eigenvalue weighted by Gasteiger charge is 2.23. The van der Waals surface area contributed by atoms with Gasteiger partial charge >= 0.3 is 0 Å².